The van der Waals surface area contributed by atoms with Gasteiger partial charge in [0, 0.05) is 38.1 Å². The maximum Gasteiger partial charge on any atom is 0.260 e. The van der Waals surface area contributed by atoms with Crippen molar-refractivity contribution in [1.29, 1.82) is 0 Å². The van der Waals surface area contributed by atoms with Gasteiger partial charge in [0.05, 0.1) is 16.5 Å². The highest BCUT2D eigenvalue weighted by atomic mass is 35.5. The van der Waals surface area contributed by atoms with Crippen LogP contribution in [-0.2, 0) is 11.3 Å². The summed E-state index contributed by atoms with van der Waals surface area (Å²) in [5.74, 6) is -0.631. The van der Waals surface area contributed by atoms with E-state index in [0.29, 0.717) is 27.1 Å². The van der Waals surface area contributed by atoms with E-state index in [0.717, 1.165) is 0 Å². The van der Waals surface area contributed by atoms with Gasteiger partial charge in [-0.15, -0.1) is 5.10 Å². The SMILES string of the molecule is CC(=O)NCCn1c(C(C)NC(=O)c2c(N)nn3cccnc23)cc2cccc(Cl)c2c1=O. The van der Waals surface area contributed by atoms with Crippen molar-refractivity contribution in [3.63, 3.8) is 0 Å². The highest BCUT2D eigenvalue weighted by Gasteiger charge is 2.23. The first kappa shape index (κ1) is 22.3. The number of rotatable bonds is 6. The first-order chi connectivity index (χ1) is 15.8. The highest BCUT2D eigenvalue weighted by Crippen LogP contribution is 2.24. The van der Waals surface area contributed by atoms with Gasteiger partial charge in [-0.1, -0.05) is 23.7 Å². The molecule has 0 aliphatic heterocycles. The first-order valence-corrected chi connectivity index (χ1v) is 10.6. The Morgan fingerprint density at radius 2 is 2.06 bits per heavy atom. The molecular weight excluding hydrogens is 446 g/mol. The molecule has 0 aliphatic rings. The van der Waals surface area contributed by atoms with Crippen molar-refractivity contribution in [3.8, 4) is 0 Å². The van der Waals surface area contributed by atoms with E-state index in [2.05, 4.69) is 20.7 Å². The Bertz CT molecular complexity index is 1440. The summed E-state index contributed by atoms with van der Waals surface area (Å²) in [6.45, 7) is 3.60. The van der Waals surface area contributed by atoms with Gasteiger partial charge in [-0.3, -0.25) is 14.4 Å². The highest BCUT2D eigenvalue weighted by molar-refractivity contribution is 6.35. The van der Waals surface area contributed by atoms with Crippen molar-refractivity contribution >= 4 is 45.7 Å². The van der Waals surface area contributed by atoms with E-state index in [4.69, 9.17) is 17.3 Å². The van der Waals surface area contributed by atoms with Gasteiger partial charge in [0.25, 0.3) is 11.5 Å². The number of nitrogens with zero attached hydrogens (tertiary/aromatic N) is 4. The van der Waals surface area contributed by atoms with E-state index in [1.54, 1.807) is 49.6 Å². The van der Waals surface area contributed by atoms with E-state index in [9.17, 15) is 14.4 Å². The number of carbonyl (C=O) groups is 2. The predicted molar refractivity (Wildman–Crippen MR) is 125 cm³/mol. The predicted octanol–water partition coefficient (Wildman–Crippen LogP) is 1.91. The number of nitrogen functional groups attached to an aromatic ring is 1. The van der Waals surface area contributed by atoms with Crippen LogP contribution >= 0.6 is 11.6 Å². The molecule has 0 fully saturated rings. The molecule has 4 rings (SSSR count). The fourth-order valence-corrected chi connectivity index (χ4v) is 4.04. The normalized spacial score (nSPS) is 12.1. The van der Waals surface area contributed by atoms with Crippen LogP contribution < -0.4 is 21.9 Å². The molecule has 10 nitrogen and oxygen atoms in total. The quantitative estimate of drug-likeness (QED) is 0.396. The Labute approximate surface area is 193 Å². The average molecular weight is 468 g/mol. The standard InChI is InChI=1S/C22H22ClN7O3/c1-12(27-21(32)18-19(24)28-30-9-4-7-26-20(18)30)16-11-14-5-3-6-15(23)17(14)22(33)29(16)10-8-25-13(2)31/h3-7,9,11-12H,8,10H2,1-2H3,(H2,24,28)(H,25,31)(H,27,32). The lowest BCUT2D eigenvalue weighted by Gasteiger charge is -2.21. The van der Waals surface area contributed by atoms with Crippen molar-refractivity contribution in [3.05, 3.63) is 69.4 Å². The van der Waals surface area contributed by atoms with Gasteiger partial charge in [-0.2, -0.15) is 0 Å². The third kappa shape index (κ3) is 4.24. The molecular formula is C22H22ClN7O3. The lowest BCUT2D eigenvalue weighted by molar-refractivity contribution is -0.118. The van der Waals surface area contributed by atoms with Crippen molar-refractivity contribution in [1.82, 2.24) is 29.8 Å². The van der Waals surface area contributed by atoms with Crippen molar-refractivity contribution in [2.45, 2.75) is 26.4 Å². The number of carbonyl (C=O) groups excluding carboxylic acids is 2. The number of anilines is 1. The average Bonchev–Trinajstić information content (AvgIpc) is 3.10. The number of nitrogens with two attached hydrogens (primary N) is 1. The zero-order valence-corrected chi connectivity index (χ0v) is 18.8. The fourth-order valence-electron chi connectivity index (χ4n) is 3.77. The van der Waals surface area contributed by atoms with Crippen molar-refractivity contribution in [2.24, 2.45) is 0 Å². The number of pyridine rings is 1. The summed E-state index contributed by atoms with van der Waals surface area (Å²) < 4.78 is 2.93. The number of amides is 2. The molecule has 3 heterocycles. The van der Waals surface area contributed by atoms with Crippen LogP contribution in [0.3, 0.4) is 0 Å². The van der Waals surface area contributed by atoms with Crippen molar-refractivity contribution in [2.75, 3.05) is 12.3 Å². The second-order valence-electron chi connectivity index (χ2n) is 7.56. The van der Waals surface area contributed by atoms with Crippen LogP contribution in [-0.4, -0.2) is 37.5 Å². The lowest BCUT2D eigenvalue weighted by atomic mass is 10.1. The maximum atomic E-state index is 13.3. The summed E-state index contributed by atoms with van der Waals surface area (Å²) in [5, 5.41) is 11.0. The van der Waals surface area contributed by atoms with E-state index < -0.39 is 11.9 Å². The van der Waals surface area contributed by atoms with Crippen LogP contribution in [0.4, 0.5) is 5.82 Å². The van der Waals surface area contributed by atoms with Gasteiger partial charge in [-0.05, 0) is 30.5 Å². The zero-order valence-electron chi connectivity index (χ0n) is 18.0. The van der Waals surface area contributed by atoms with E-state index in [1.807, 2.05) is 0 Å². The molecule has 11 heteroatoms. The second-order valence-corrected chi connectivity index (χ2v) is 7.96. The summed E-state index contributed by atoms with van der Waals surface area (Å²) in [5.41, 5.74) is 6.69. The molecule has 2 amide bonds. The number of benzene rings is 1. The third-order valence-corrected chi connectivity index (χ3v) is 5.58. The first-order valence-electron chi connectivity index (χ1n) is 10.2. The molecule has 0 spiro atoms. The lowest BCUT2D eigenvalue weighted by Crippen LogP contribution is -2.35. The fraction of sp³-hybridized carbons (Fsp3) is 0.227. The minimum absolute atomic E-state index is 0.0479. The molecule has 0 saturated heterocycles. The Hall–Kier alpha value is -3.92. The van der Waals surface area contributed by atoms with Gasteiger partial charge >= 0.3 is 0 Å². The molecule has 1 atom stereocenters. The van der Waals surface area contributed by atoms with E-state index in [-0.39, 0.29) is 35.9 Å². The number of fused-ring (bicyclic) bond motifs is 2. The molecule has 170 valence electrons. The number of hydrogen-bond acceptors (Lipinski definition) is 6. The molecule has 1 aromatic carbocycles. The zero-order chi connectivity index (χ0) is 23.7. The monoisotopic (exact) mass is 467 g/mol. The molecule has 1 unspecified atom stereocenters. The topological polar surface area (TPSA) is 136 Å². The summed E-state index contributed by atoms with van der Waals surface area (Å²) in [7, 11) is 0. The van der Waals surface area contributed by atoms with E-state index in [1.165, 1.54) is 16.0 Å². The molecule has 0 radical (unpaired) electrons. The molecule has 4 N–H and O–H groups in total. The summed E-state index contributed by atoms with van der Waals surface area (Å²) in [4.78, 5) is 41.9. The number of nitrogens with one attached hydrogen (secondary N) is 2. The van der Waals surface area contributed by atoms with Crippen LogP contribution in [0.1, 0.15) is 35.9 Å². The second kappa shape index (κ2) is 8.91. The Kier molecular flexibility index (Phi) is 6.01. The van der Waals surface area contributed by atoms with Crippen molar-refractivity contribution < 1.29 is 9.59 Å². The number of aromatic nitrogens is 4. The smallest absolute Gasteiger partial charge is 0.260 e. The van der Waals surface area contributed by atoms with Gasteiger partial charge < -0.3 is 20.9 Å². The Morgan fingerprint density at radius 3 is 2.82 bits per heavy atom. The van der Waals surface area contributed by atoms with Gasteiger partial charge in [0.15, 0.2) is 11.5 Å². The van der Waals surface area contributed by atoms with Crippen LogP contribution in [0.5, 0.6) is 0 Å². The van der Waals surface area contributed by atoms with Crippen LogP contribution in [0.25, 0.3) is 16.4 Å². The number of hydrogen-bond donors (Lipinski definition) is 3. The van der Waals surface area contributed by atoms with Gasteiger partial charge in [0.1, 0.15) is 5.56 Å². The molecule has 4 aromatic rings. The summed E-state index contributed by atoms with van der Waals surface area (Å²) >= 11 is 6.29. The Morgan fingerprint density at radius 1 is 1.27 bits per heavy atom. The molecule has 3 aromatic heterocycles. The summed E-state index contributed by atoms with van der Waals surface area (Å²) in [6, 6.07) is 8.09. The third-order valence-electron chi connectivity index (χ3n) is 5.27. The molecule has 0 bridgehead atoms. The van der Waals surface area contributed by atoms with E-state index >= 15 is 0 Å². The number of halogens is 1. The van der Waals surface area contributed by atoms with Crippen LogP contribution in [0.2, 0.25) is 5.02 Å². The summed E-state index contributed by atoms with van der Waals surface area (Å²) in [6.07, 6.45) is 3.19. The molecule has 0 saturated carbocycles. The molecule has 33 heavy (non-hydrogen) atoms. The Balaban J connectivity index is 1.74. The van der Waals surface area contributed by atoms with Gasteiger partial charge in [-0.25, -0.2) is 9.50 Å². The maximum absolute atomic E-state index is 13.3. The minimum Gasteiger partial charge on any atom is -0.381 e. The minimum atomic E-state index is -0.580. The van der Waals surface area contributed by atoms with Crippen LogP contribution in [0.15, 0.2) is 47.5 Å². The van der Waals surface area contributed by atoms with Gasteiger partial charge in [0.2, 0.25) is 5.91 Å². The van der Waals surface area contributed by atoms with Crippen LogP contribution in [0, 0.1) is 0 Å². The largest absolute Gasteiger partial charge is 0.381 e. The molecule has 0 aliphatic carbocycles.